The average Bonchev–Trinajstić information content (AvgIpc) is 2.92. The van der Waals surface area contributed by atoms with Crippen LogP contribution in [0.15, 0.2) is 18.2 Å². The Morgan fingerprint density at radius 1 is 1.28 bits per heavy atom. The van der Waals surface area contributed by atoms with Crippen molar-refractivity contribution in [2.45, 2.75) is 32.7 Å². The number of ether oxygens (including phenoxy) is 1. The van der Waals surface area contributed by atoms with Crippen LogP contribution in [0.25, 0.3) is 0 Å². The van der Waals surface area contributed by atoms with Crippen molar-refractivity contribution >= 4 is 15.9 Å². The van der Waals surface area contributed by atoms with E-state index in [1.165, 1.54) is 29.5 Å². The Bertz CT molecular complexity index is 716. The minimum atomic E-state index is -3.31. The van der Waals surface area contributed by atoms with Crippen molar-refractivity contribution in [2.75, 3.05) is 33.1 Å². The topological polar surface area (TPSA) is 75.7 Å². The third-order valence-electron chi connectivity index (χ3n) is 4.65. The second-order valence-corrected chi connectivity index (χ2v) is 9.19. The van der Waals surface area contributed by atoms with Gasteiger partial charge in [0.25, 0.3) is 0 Å². The van der Waals surface area contributed by atoms with Crippen LogP contribution in [-0.2, 0) is 26.0 Å². The summed E-state index contributed by atoms with van der Waals surface area (Å²) in [6.07, 6.45) is 1.06. The van der Waals surface area contributed by atoms with Crippen molar-refractivity contribution in [2.24, 2.45) is 5.92 Å². The van der Waals surface area contributed by atoms with E-state index >= 15 is 0 Å². The Kier molecular flexibility index (Phi) is 6.59. The summed E-state index contributed by atoms with van der Waals surface area (Å²) >= 11 is 0. The molecule has 0 radical (unpaired) electrons. The molecule has 0 spiro atoms. The molecule has 1 saturated heterocycles. The Morgan fingerprint density at radius 2 is 2.00 bits per heavy atom. The van der Waals surface area contributed by atoms with Crippen molar-refractivity contribution in [3.05, 3.63) is 34.9 Å². The normalized spacial score (nSPS) is 20.8. The van der Waals surface area contributed by atoms with Crippen LogP contribution in [-0.4, -0.2) is 57.7 Å². The first-order chi connectivity index (χ1) is 11.7. The Labute approximate surface area is 150 Å². The smallest absolute Gasteiger partial charge is 0.220 e. The minimum Gasteiger partial charge on any atom is -0.379 e. The molecule has 2 atom stereocenters. The minimum absolute atomic E-state index is 0.0119. The third kappa shape index (κ3) is 5.52. The molecule has 1 aliphatic rings. The molecule has 7 heteroatoms. The largest absolute Gasteiger partial charge is 0.379 e. The maximum atomic E-state index is 12.3. The molecule has 1 aromatic rings. The highest BCUT2D eigenvalue weighted by molar-refractivity contribution is 7.89. The molecule has 0 aromatic heterocycles. The molecule has 0 aliphatic carbocycles. The van der Waals surface area contributed by atoms with Gasteiger partial charge >= 0.3 is 0 Å². The molecule has 0 bridgehead atoms. The lowest BCUT2D eigenvalue weighted by atomic mass is 10.0. The molecule has 2 unspecified atom stereocenters. The molecule has 1 aliphatic heterocycles. The lowest BCUT2D eigenvalue weighted by molar-refractivity contribution is -0.121. The number of nitrogens with zero attached hydrogens (tertiary/aromatic N) is 1. The summed E-state index contributed by atoms with van der Waals surface area (Å²) in [6.45, 7) is 4.82. The number of carbonyl (C=O) groups excluding carboxylic acids is 1. The van der Waals surface area contributed by atoms with E-state index < -0.39 is 10.0 Å². The molecular formula is C18H28N2O4S. The van der Waals surface area contributed by atoms with Crippen LogP contribution in [0, 0.1) is 19.8 Å². The third-order valence-corrected chi connectivity index (χ3v) is 6.61. The number of amides is 1. The number of nitrogens with one attached hydrogen (secondary N) is 1. The Morgan fingerprint density at radius 3 is 2.64 bits per heavy atom. The fourth-order valence-electron chi connectivity index (χ4n) is 3.00. The van der Waals surface area contributed by atoms with Crippen LogP contribution in [0.3, 0.4) is 0 Å². The van der Waals surface area contributed by atoms with Gasteiger partial charge in [0, 0.05) is 26.4 Å². The van der Waals surface area contributed by atoms with Crippen LogP contribution in [0.5, 0.6) is 0 Å². The SMILES string of the molecule is Cc1ccc(CCC(=O)NC2COCC2CS(=O)(=O)N(C)C)c(C)c1. The maximum Gasteiger partial charge on any atom is 0.220 e. The fourth-order valence-corrected chi connectivity index (χ4v) is 4.16. The van der Waals surface area contributed by atoms with Gasteiger partial charge in [0.05, 0.1) is 25.0 Å². The summed E-state index contributed by atoms with van der Waals surface area (Å²) in [5.74, 6) is -0.289. The number of sulfonamides is 1. The Hall–Kier alpha value is -1.44. The quantitative estimate of drug-likeness (QED) is 0.786. The van der Waals surface area contributed by atoms with Crippen molar-refractivity contribution in [3.8, 4) is 0 Å². The summed E-state index contributed by atoms with van der Waals surface area (Å²) in [5.41, 5.74) is 3.56. The summed E-state index contributed by atoms with van der Waals surface area (Å²) in [4.78, 5) is 12.3. The number of benzene rings is 1. The first kappa shape index (κ1) is 19.9. The van der Waals surface area contributed by atoms with Gasteiger partial charge in [-0.25, -0.2) is 12.7 Å². The second-order valence-electron chi connectivity index (χ2n) is 6.96. The Balaban J connectivity index is 1.88. The molecule has 1 fully saturated rings. The predicted molar refractivity (Wildman–Crippen MR) is 98.0 cm³/mol. The van der Waals surface area contributed by atoms with Gasteiger partial charge in [-0.2, -0.15) is 0 Å². The van der Waals surface area contributed by atoms with Gasteiger partial charge in [0.15, 0.2) is 0 Å². The van der Waals surface area contributed by atoms with E-state index in [1.54, 1.807) is 0 Å². The molecule has 2 rings (SSSR count). The first-order valence-corrected chi connectivity index (χ1v) is 10.1. The second kappa shape index (κ2) is 8.29. The van der Waals surface area contributed by atoms with Crippen LogP contribution in [0.4, 0.5) is 0 Å². The zero-order chi connectivity index (χ0) is 18.6. The molecule has 25 heavy (non-hydrogen) atoms. The van der Waals surface area contributed by atoms with Gasteiger partial charge in [0.1, 0.15) is 0 Å². The summed E-state index contributed by atoms with van der Waals surface area (Å²) in [6, 6.07) is 5.97. The predicted octanol–water partition coefficient (Wildman–Crippen LogP) is 1.26. The molecular weight excluding hydrogens is 340 g/mol. The standard InChI is InChI=1S/C18H28N2O4S/c1-13-5-6-15(14(2)9-13)7-8-18(21)19-17-11-24-10-16(17)12-25(22,23)20(3)4/h5-6,9,16-17H,7-8,10-12H2,1-4H3,(H,19,21). The van der Waals surface area contributed by atoms with Crippen LogP contribution in [0.2, 0.25) is 0 Å². The lowest BCUT2D eigenvalue weighted by Crippen LogP contribution is -2.43. The number of hydrogen-bond donors (Lipinski definition) is 1. The summed E-state index contributed by atoms with van der Waals surface area (Å²) in [5, 5.41) is 2.94. The molecule has 0 saturated carbocycles. The van der Waals surface area contributed by atoms with E-state index in [2.05, 4.69) is 17.4 Å². The fraction of sp³-hybridized carbons (Fsp3) is 0.611. The number of rotatable bonds is 7. The van der Waals surface area contributed by atoms with E-state index in [4.69, 9.17) is 4.74 Å². The van der Waals surface area contributed by atoms with E-state index in [9.17, 15) is 13.2 Å². The average molecular weight is 368 g/mol. The summed E-state index contributed by atoms with van der Waals surface area (Å²) in [7, 11) is -0.280. The van der Waals surface area contributed by atoms with Crippen LogP contribution < -0.4 is 5.32 Å². The van der Waals surface area contributed by atoms with Gasteiger partial charge in [-0.15, -0.1) is 0 Å². The number of aryl methyl sites for hydroxylation is 3. The molecule has 1 N–H and O–H groups in total. The van der Waals surface area contributed by atoms with Crippen LogP contribution >= 0.6 is 0 Å². The van der Waals surface area contributed by atoms with Crippen molar-refractivity contribution in [3.63, 3.8) is 0 Å². The van der Waals surface area contributed by atoms with Gasteiger partial charge in [-0.3, -0.25) is 4.79 Å². The molecule has 6 nitrogen and oxygen atoms in total. The summed E-state index contributed by atoms with van der Waals surface area (Å²) < 4.78 is 30.7. The van der Waals surface area contributed by atoms with Crippen molar-refractivity contribution in [1.29, 1.82) is 0 Å². The first-order valence-electron chi connectivity index (χ1n) is 8.52. The monoisotopic (exact) mass is 368 g/mol. The highest BCUT2D eigenvalue weighted by atomic mass is 32.2. The van der Waals surface area contributed by atoms with Gasteiger partial charge in [-0.05, 0) is 31.4 Å². The van der Waals surface area contributed by atoms with E-state index in [1.807, 2.05) is 19.9 Å². The zero-order valence-corrected chi connectivity index (χ0v) is 16.2. The van der Waals surface area contributed by atoms with E-state index in [0.717, 1.165) is 5.56 Å². The van der Waals surface area contributed by atoms with Crippen LogP contribution in [0.1, 0.15) is 23.1 Å². The maximum absolute atomic E-state index is 12.3. The van der Waals surface area contributed by atoms with Gasteiger partial charge in [0.2, 0.25) is 15.9 Å². The number of carbonyl (C=O) groups is 1. The zero-order valence-electron chi connectivity index (χ0n) is 15.4. The molecule has 140 valence electrons. The molecule has 1 heterocycles. The van der Waals surface area contributed by atoms with E-state index in [-0.39, 0.29) is 23.6 Å². The van der Waals surface area contributed by atoms with Gasteiger partial charge in [-0.1, -0.05) is 23.8 Å². The highest BCUT2D eigenvalue weighted by Gasteiger charge is 2.34. The van der Waals surface area contributed by atoms with Gasteiger partial charge < -0.3 is 10.1 Å². The van der Waals surface area contributed by atoms with Crippen molar-refractivity contribution in [1.82, 2.24) is 9.62 Å². The van der Waals surface area contributed by atoms with Crippen molar-refractivity contribution < 1.29 is 17.9 Å². The lowest BCUT2D eigenvalue weighted by Gasteiger charge is -2.21. The highest BCUT2D eigenvalue weighted by Crippen LogP contribution is 2.18. The van der Waals surface area contributed by atoms with E-state index in [0.29, 0.717) is 26.1 Å². The number of hydrogen-bond acceptors (Lipinski definition) is 4. The molecule has 1 amide bonds. The molecule has 1 aromatic carbocycles.